The fourth-order valence-electron chi connectivity index (χ4n) is 0.828. The third kappa shape index (κ3) is 1.80. The maximum Gasteiger partial charge on any atom is 0.310 e. The van der Waals surface area contributed by atoms with Crippen LogP contribution >= 0.6 is 0 Å². The molecule has 0 aliphatic rings. The minimum Gasteiger partial charge on any atom is -0.481 e. The average Bonchev–Trinajstić information content (AvgIpc) is 2.05. The number of hydrogen-bond acceptors (Lipinski definition) is 1. The summed E-state index contributed by atoms with van der Waals surface area (Å²) in [7, 11) is 0. The molecule has 2 nitrogen and oxygen atoms in total. The molecular weight excluding hydrogens is 140 g/mol. The number of carboxylic acids is 1. The molecule has 0 saturated heterocycles. The molecule has 0 spiro atoms. The molecule has 1 N–H and O–H groups in total. The number of carboxylic acid groups (broad SMARTS) is 1. The summed E-state index contributed by atoms with van der Waals surface area (Å²) < 4.78 is 0. The van der Waals surface area contributed by atoms with E-state index in [1.165, 1.54) is 0 Å². The molecule has 2 heteroatoms. The molecular formula is C9H9O2. The van der Waals surface area contributed by atoms with E-state index in [2.05, 4.69) is 6.92 Å². The van der Waals surface area contributed by atoms with Crippen molar-refractivity contribution in [3.63, 3.8) is 0 Å². The van der Waals surface area contributed by atoms with Gasteiger partial charge in [-0.2, -0.15) is 0 Å². The van der Waals surface area contributed by atoms with Gasteiger partial charge in [-0.05, 0) is 12.5 Å². The molecule has 0 heterocycles. The van der Waals surface area contributed by atoms with Crippen molar-refractivity contribution in [3.8, 4) is 0 Å². The smallest absolute Gasteiger partial charge is 0.310 e. The van der Waals surface area contributed by atoms with E-state index in [1.807, 2.05) is 6.07 Å². The second kappa shape index (κ2) is 3.19. The summed E-state index contributed by atoms with van der Waals surface area (Å²) in [6, 6.07) is 8.96. The second-order valence-electron chi connectivity index (χ2n) is 2.30. The normalized spacial score (nSPS) is 12.5. The van der Waals surface area contributed by atoms with E-state index in [0.29, 0.717) is 0 Å². The van der Waals surface area contributed by atoms with Crippen LogP contribution in [0.4, 0.5) is 0 Å². The molecule has 0 aromatic heterocycles. The molecule has 1 radical (unpaired) electrons. The lowest BCUT2D eigenvalue weighted by molar-refractivity contribution is -0.137. The van der Waals surface area contributed by atoms with Crippen LogP contribution in [0.15, 0.2) is 30.3 Å². The van der Waals surface area contributed by atoms with Gasteiger partial charge in [-0.1, -0.05) is 30.3 Å². The zero-order chi connectivity index (χ0) is 8.27. The Morgan fingerprint density at radius 3 is 2.36 bits per heavy atom. The molecule has 1 rings (SSSR count). The van der Waals surface area contributed by atoms with Crippen LogP contribution in [0.25, 0.3) is 0 Å². The van der Waals surface area contributed by atoms with Gasteiger partial charge in [0.25, 0.3) is 0 Å². The standard InChI is InChI=1S/C9H9O2/c1-7(9(10)11)8-5-3-2-4-6-8/h2-7H,1H2,(H,10,11). The Morgan fingerprint density at radius 2 is 1.91 bits per heavy atom. The summed E-state index contributed by atoms with van der Waals surface area (Å²) in [6.07, 6.45) is 0. The van der Waals surface area contributed by atoms with Crippen LogP contribution in [-0.4, -0.2) is 11.1 Å². The Kier molecular flexibility index (Phi) is 2.26. The minimum atomic E-state index is -0.892. The van der Waals surface area contributed by atoms with E-state index < -0.39 is 11.9 Å². The lowest BCUT2D eigenvalue weighted by atomic mass is 10.0. The van der Waals surface area contributed by atoms with E-state index in [0.717, 1.165) is 5.56 Å². The van der Waals surface area contributed by atoms with Crippen LogP contribution in [0.5, 0.6) is 0 Å². The van der Waals surface area contributed by atoms with Gasteiger partial charge in [0.05, 0.1) is 5.92 Å². The van der Waals surface area contributed by atoms with Gasteiger partial charge in [-0.15, -0.1) is 0 Å². The van der Waals surface area contributed by atoms with Crippen molar-refractivity contribution in [2.45, 2.75) is 5.92 Å². The van der Waals surface area contributed by atoms with Crippen molar-refractivity contribution < 1.29 is 9.90 Å². The lowest BCUT2D eigenvalue weighted by Gasteiger charge is -2.03. The van der Waals surface area contributed by atoms with Gasteiger partial charge in [-0.3, -0.25) is 4.79 Å². The van der Waals surface area contributed by atoms with Crippen molar-refractivity contribution in [1.82, 2.24) is 0 Å². The predicted molar refractivity (Wildman–Crippen MR) is 42.2 cm³/mol. The maximum atomic E-state index is 10.4. The van der Waals surface area contributed by atoms with E-state index in [1.54, 1.807) is 24.3 Å². The molecule has 57 valence electrons. The molecule has 0 bridgehead atoms. The van der Waals surface area contributed by atoms with Gasteiger partial charge in [0.2, 0.25) is 0 Å². The topological polar surface area (TPSA) is 37.3 Å². The summed E-state index contributed by atoms with van der Waals surface area (Å²) >= 11 is 0. The SMILES string of the molecule is [CH2]C(C(=O)O)c1ccccc1. The van der Waals surface area contributed by atoms with E-state index >= 15 is 0 Å². The monoisotopic (exact) mass is 149 g/mol. The largest absolute Gasteiger partial charge is 0.481 e. The third-order valence-electron chi connectivity index (χ3n) is 1.50. The molecule has 1 aromatic rings. The fraction of sp³-hybridized carbons (Fsp3) is 0.111. The number of rotatable bonds is 2. The van der Waals surface area contributed by atoms with Crippen molar-refractivity contribution >= 4 is 5.97 Å². The molecule has 0 aliphatic carbocycles. The Balaban J connectivity index is 2.85. The van der Waals surface area contributed by atoms with Crippen molar-refractivity contribution in [1.29, 1.82) is 0 Å². The summed E-state index contributed by atoms with van der Waals surface area (Å²) in [4.78, 5) is 10.4. The van der Waals surface area contributed by atoms with E-state index in [9.17, 15) is 4.79 Å². The Labute approximate surface area is 65.5 Å². The number of benzene rings is 1. The highest BCUT2D eigenvalue weighted by Gasteiger charge is 2.11. The van der Waals surface area contributed by atoms with E-state index in [4.69, 9.17) is 5.11 Å². The molecule has 11 heavy (non-hydrogen) atoms. The molecule has 1 unspecified atom stereocenters. The quantitative estimate of drug-likeness (QED) is 0.694. The summed E-state index contributed by atoms with van der Waals surface area (Å²) in [5, 5.41) is 8.57. The second-order valence-corrected chi connectivity index (χ2v) is 2.30. The Morgan fingerprint density at radius 1 is 1.36 bits per heavy atom. The fourth-order valence-corrected chi connectivity index (χ4v) is 0.828. The van der Waals surface area contributed by atoms with Gasteiger partial charge < -0.3 is 5.11 Å². The first-order valence-corrected chi connectivity index (χ1v) is 3.32. The lowest BCUT2D eigenvalue weighted by Crippen LogP contribution is -2.06. The van der Waals surface area contributed by atoms with Gasteiger partial charge in [0.15, 0.2) is 0 Å². The highest BCUT2D eigenvalue weighted by Crippen LogP contribution is 2.13. The van der Waals surface area contributed by atoms with Gasteiger partial charge in [0.1, 0.15) is 0 Å². The molecule has 1 aromatic carbocycles. The van der Waals surface area contributed by atoms with Crippen LogP contribution in [0.3, 0.4) is 0 Å². The zero-order valence-electron chi connectivity index (χ0n) is 6.03. The zero-order valence-corrected chi connectivity index (χ0v) is 6.03. The molecule has 0 fully saturated rings. The highest BCUT2D eigenvalue weighted by molar-refractivity contribution is 5.76. The predicted octanol–water partition coefficient (Wildman–Crippen LogP) is 1.69. The number of aliphatic carboxylic acids is 1. The van der Waals surface area contributed by atoms with E-state index in [-0.39, 0.29) is 0 Å². The number of hydrogen-bond donors (Lipinski definition) is 1. The van der Waals surface area contributed by atoms with Crippen LogP contribution in [0.2, 0.25) is 0 Å². The molecule has 1 atom stereocenters. The van der Waals surface area contributed by atoms with Gasteiger partial charge >= 0.3 is 5.97 Å². The van der Waals surface area contributed by atoms with Crippen LogP contribution in [0, 0.1) is 6.92 Å². The third-order valence-corrected chi connectivity index (χ3v) is 1.50. The average molecular weight is 149 g/mol. The highest BCUT2D eigenvalue weighted by atomic mass is 16.4. The van der Waals surface area contributed by atoms with Gasteiger partial charge in [0, 0.05) is 0 Å². The van der Waals surface area contributed by atoms with Crippen molar-refractivity contribution in [2.24, 2.45) is 0 Å². The Bertz CT molecular complexity index is 241. The first-order valence-electron chi connectivity index (χ1n) is 3.32. The van der Waals surface area contributed by atoms with Crippen LogP contribution in [-0.2, 0) is 4.79 Å². The van der Waals surface area contributed by atoms with Crippen molar-refractivity contribution in [2.75, 3.05) is 0 Å². The van der Waals surface area contributed by atoms with Crippen LogP contribution < -0.4 is 0 Å². The first-order chi connectivity index (χ1) is 5.22. The maximum absolute atomic E-state index is 10.4. The summed E-state index contributed by atoms with van der Waals surface area (Å²) in [5.41, 5.74) is 0.736. The van der Waals surface area contributed by atoms with Crippen LogP contribution in [0.1, 0.15) is 11.5 Å². The molecule has 0 amide bonds. The minimum absolute atomic E-state index is 0.656. The first kappa shape index (κ1) is 7.79. The summed E-state index contributed by atoms with van der Waals surface area (Å²) in [5.74, 6) is -1.55. The van der Waals surface area contributed by atoms with Crippen molar-refractivity contribution in [3.05, 3.63) is 42.8 Å². The molecule has 0 aliphatic heterocycles. The summed E-state index contributed by atoms with van der Waals surface area (Å²) in [6.45, 7) is 3.51. The molecule has 0 saturated carbocycles. The van der Waals surface area contributed by atoms with Gasteiger partial charge in [-0.25, -0.2) is 0 Å². The number of carbonyl (C=O) groups is 1. The Hall–Kier alpha value is -1.31.